The zero-order valence-corrected chi connectivity index (χ0v) is 10.6. The Kier molecular flexibility index (Phi) is 3.72. The topological polar surface area (TPSA) is 49.8 Å². The Balaban J connectivity index is 2.18. The van der Waals surface area contributed by atoms with Gasteiger partial charge in [-0.05, 0) is 43.0 Å². The number of oxazole rings is 1. The summed E-state index contributed by atoms with van der Waals surface area (Å²) in [5.74, 6) is 0.675. The number of thioether (sulfide) groups is 1. The third-order valence-corrected chi connectivity index (χ3v) is 3.17. The molecule has 5 heteroatoms. The van der Waals surface area contributed by atoms with Crippen LogP contribution in [0.5, 0.6) is 0 Å². The van der Waals surface area contributed by atoms with E-state index >= 15 is 0 Å². The Morgan fingerprint density at radius 2 is 2.12 bits per heavy atom. The average molecular weight is 265 g/mol. The molecule has 2 aromatic rings. The van der Waals surface area contributed by atoms with E-state index in [0.29, 0.717) is 16.0 Å². The molecule has 0 fully saturated rings. The predicted molar refractivity (Wildman–Crippen MR) is 67.9 cm³/mol. The van der Waals surface area contributed by atoms with Gasteiger partial charge < -0.3 is 4.42 Å². The van der Waals surface area contributed by atoms with Crippen LogP contribution in [0.3, 0.4) is 0 Å². The highest BCUT2D eigenvalue weighted by Gasteiger charge is 2.10. The molecule has 2 rings (SSSR count). The van der Waals surface area contributed by atoms with Crippen molar-refractivity contribution in [1.29, 1.82) is 5.26 Å². The highest BCUT2D eigenvalue weighted by atomic mass is 35.5. The SMILES string of the molecule is CC(C#N)Sc1ncc(-c2ccc(Cl)cc2)o1. The summed E-state index contributed by atoms with van der Waals surface area (Å²) < 4.78 is 5.54. The largest absolute Gasteiger partial charge is 0.431 e. The van der Waals surface area contributed by atoms with Crippen LogP contribution in [0, 0.1) is 11.3 Å². The zero-order chi connectivity index (χ0) is 12.3. The van der Waals surface area contributed by atoms with Gasteiger partial charge in [-0.1, -0.05) is 11.6 Å². The molecule has 17 heavy (non-hydrogen) atoms. The molecule has 1 unspecified atom stereocenters. The van der Waals surface area contributed by atoms with Crippen LogP contribution in [-0.4, -0.2) is 10.2 Å². The molecule has 0 amide bonds. The minimum atomic E-state index is -0.174. The maximum atomic E-state index is 8.70. The molecule has 0 bridgehead atoms. The summed E-state index contributed by atoms with van der Waals surface area (Å²) in [6, 6.07) is 9.44. The fourth-order valence-electron chi connectivity index (χ4n) is 1.24. The molecule has 0 saturated carbocycles. The van der Waals surface area contributed by atoms with Crippen LogP contribution >= 0.6 is 23.4 Å². The van der Waals surface area contributed by atoms with Crippen molar-refractivity contribution in [3.63, 3.8) is 0 Å². The third kappa shape index (κ3) is 3.02. The quantitative estimate of drug-likeness (QED) is 0.786. The minimum Gasteiger partial charge on any atom is -0.431 e. The molecule has 0 aliphatic rings. The Bertz CT molecular complexity index is 544. The summed E-state index contributed by atoms with van der Waals surface area (Å²) in [5.41, 5.74) is 0.915. The van der Waals surface area contributed by atoms with E-state index in [0.717, 1.165) is 5.56 Å². The fraction of sp³-hybridized carbons (Fsp3) is 0.167. The van der Waals surface area contributed by atoms with Crippen LogP contribution in [0.1, 0.15) is 6.92 Å². The molecule has 0 aliphatic carbocycles. The van der Waals surface area contributed by atoms with Gasteiger partial charge in [0.1, 0.15) is 0 Å². The molecule has 3 nitrogen and oxygen atoms in total. The Hall–Kier alpha value is -1.44. The van der Waals surface area contributed by atoms with Gasteiger partial charge in [-0.15, -0.1) is 0 Å². The van der Waals surface area contributed by atoms with E-state index < -0.39 is 0 Å². The molecule has 0 radical (unpaired) electrons. The Morgan fingerprint density at radius 3 is 2.76 bits per heavy atom. The van der Waals surface area contributed by atoms with Gasteiger partial charge in [-0.25, -0.2) is 4.98 Å². The predicted octanol–water partition coefficient (Wildman–Crippen LogP) is 4.00. The molecule has 0 N–H and O–H groups in total. The number of nitrogens with zero attached hydrogens (tertiary/aromatic N) is 2. The van der Waals surface area contributed by atoms with E-state index in [-0.39, 0.29) is 5.25 Å². The number of nitriles is 1. The van der Waals surface area contributed by atoms with E-state index in [4.69, 9.17) is 21.3 Å². The lowest BCUT2D eigenvalue weighted by Gasteiger charge is -1.97. The van der Waals surface area contributed by atoms with Crippen molar-refractivity contribution >= 4 is 23.4 Å². The molecule has 0 spiro atoms. The lowest BCUT2D eigenvalue weighted by molar-refractivity contribution is 0.466. The molecule has 86 valence electrons. The minimum absolute atomic E-state index is 0.174. The van der Waals surface area contributed by atoms with Crippen molar-refractivity contribution in [2.24, 2.45) is 0 Å². The lowest BCUT2D eigenvalue weighted by atomic mass is 10.2. The first-order valence-electron chi connectivity index (χ1n) is 4.97. The maximum absolute atomic E-state index is 8.70. The number of hydrogen-bond donors (Lipinski definition) is 0. The number of aromatic nitrogens is 1. The van der Waals surface area contributed by atoms with Gasteiger partial charge in [0.2, 0.25) is 0 Å². The summed E-state index contributed by atoms with van der Waals surface area (Å²) in [6.07, 6.45) is 1.65. The summed E-state index contributed by atoms with van der Waals surface area (Å²) >= 11 is 7.10. The van der Waals surface area contributed by atoms with Crippen LogP contribution < -0.4 is 0 Å². The standard InChI is InChI=1S/C12H9ClN2OS/c1-8(6-14)17-12-15-7-11(16-12)9-2-4-10(13)5-3-9/h2-5,7-8H,1H3. The summed E-state index contributed by atoms with van der Waals surface area (Å²) in [7, 11) is 0. The van der Waals surface area contributed by atoms with Gasteiger partial charge in [-0.2, -0.15) is 5.26 Å². The van der Waals surface area contributed by atoms with Crippen molar-refractivity contribution in [2.75, 3.05) is 0 Å². The van der Waals surface area contributed by atoms with Gasteiger partial charge >= 0.3 is 0 Å². The number of hydrogen-bond acceptors (Lipinski definition) is 4. The molecular formula is C12H9ClN2OS. The molecule has 1 aromatic carbocycles. The Morgan fingerprint density at radius 1 is 1.41 bits per heavy atom. The van der Waals surface area contributed by atoms with Gasteiger partial charge in [0, 0.05) is 10.6 Å². The second-order valence-electron chi connectivity index (χ2n) is 3.39. The first kappa shape index (κ1) is 12.0. The van der Waals surface area contributed by atoms with E-state index in [9.17, 15) is 0 Å². The first-order valence-corrected chi connectivity index (χ1v) is 6.23. The van der Waals surface area contributed by atoms with Gasteiger partial charge in [0.25, 0.3) is 5.22 Å². The van der Waals surface area contributed by atoms with Crippen LogP contribution in [0.25, 0.3) is 11.3 Å². The van der Waals surface area contributed by atoms with Crippen molar-refractivity contribution in [3.8, 4) is 17.4 Å². The lowest BCUT2D eigenvalue weighted by Crippen LogP contribution is -1.88. The monoisotopic (exact) mass is 264 g/mol. The molecule has 1 heterocycles. The van der Waals surface area contributed by atoms with E-state index in [1.165, 1.54) is 11.8 Å². The molecule has 0 saturated heterocycles. The Labute approximate surface area is 108 Å². The second kappa shape index (κ2) is 5.26. The third-order valence-electron chi connectivity index (χ3n) is 2.07. The fourth-order valence-corrected chi connectivity index (χ4v) is 1.97. The van der Waals surface area contributed by atoms with Crippen LogP contribution in [0.15, 0.2) is 40.1 Å². The summed E-state index contributed by atoms with van der Waals surface area (Å²) in [4.78, 5) is 4.12. The summed E-state index contributed by atoms with van der Waals surface area (Å²) in [5, 5.41) is 9.71. The number of benzene rings is 1. The number of halogens is 1. The highest BCUT2D eigenvalue weighted by Crippen LogP contribution is 2.28. The summed E-state index contributed by atoms with van der Waals surface area (Å²) in [6.45, 7) is 1.80. The molecular weight excluding hydrogens is 256 g/mol. The average Bonchev–Trinajstić information content (AvgIpc) is 2.78. The van der Waals surface area contributed by atoms with Crippen molar-refractivity contribution in [1.82, 2.24) is 4.98 Å². The van der Waals surface area contributed by atoms with Crippen LogP contribution in [-0.2, 0) is 0 Å². The van der Waals surface area contributed by atoms with E-state index in [2.05, 4.69) is 11.1 Å². The normalized spacial score (nSPS) is 12.1. The van der Waals surface area contributed by atoms with Gasteiger partial charge in [0.15, 0.2) is 5.76 Å². The molecule has 0 aliphatic heterocycles. The van der Waals surface area contributed by atoms with Crippen LogP contribution in [0.2, 0.25) is 5.02 Å². The van der Waals surface area contributed by atoms with Crippen molar-refractivity contribution in [3.05, 3.63) is 35.5 Å². The second-order valence-corrected chi connectivity index (χ2v) is 5.11. The highest BCUT2D eigenvalue weighted by molar-refractivity contribution is 7.99. The van der Waals surface area contributed by atoms with Gasteiger partial charge in [0.05, 0.1) is 17.5 Å². The van der Waals surface area contributed by atoms with Crippen LogP contribution in [0.4, 0.5) is 0 Å². The van der Waals surface area contributed by atoms with E-state index in [1.54, 1.807) is 25.3 Å². The zero-order valence-electron chi connectivity index (χ0n) is 9.05. The van der Waals surface area contributed by atoms with Crippen molar-refractivity contribution in [2.45, 2.75) is 17.4 Å². The maximum Gasteiger partial charge on any atom is 0.257 e. The first-order chi connectivity index (χ1) is 8.19. The van der Waals surface area contributed by atoms with Gasteiger partial charge in [-0.3, -0.25) is 0 Å². The smallest absolute Gasteiger partial charge is 0.257 e. The molecule has 1 aromatic heterocycles. The molecule has 1 atom stereocenters. The number of rotatable bonds is 3. The van der Waals surface area contributed by atoms with E-state index in [1.807, 2.05) is 12.1 Å². The van der Waals surface area contributed by atoms with Crippen molar-refractivity contribution < 1.29 is 4.42 Å².